The first-order valence-electron chi connectivity index (χ1n) is 14.3. The lowest BCUT2D eigenvalue weighted by atomic mass is 10.1. The predicted octanol–water partition coefficient (Wildman–Crippen LogP) is 9.63. The third-order valence-electron chi connectivity index (χ3n) is 7.57. The molecule has 9 heteroatoms. The summed E-state index contributed by atoms with van der Waals surface area (Å²) in [7, 11) is 3.35. The molecule has 0 atom stereocenters. The van der Waals surface area contributed by atoms with Gasteiger partial charge in [-0.15, -0.1) is 22.7 Å². The van der Waals surface area contributed by atoms with Gasteiger partial charge in [-0.05, 0) is 126 Å². The van der Waals surface area contributed by atoms with E-state index in [4.69, 9.17) is 9.47 Å². The van der Waals surface area contributed by atoms with Crippen LogP contribution in [-0.2, 0) is 0 Å². The van der Waals surface area contributed by atoms with Crippen LogP contribution >= 0.6 is 22.7 Å². The number of thiophene rings is 2. The highest BCUT2D eigenvalue weighted by atomic mass is 32.1. The van der Waals surface area contributed by atoms with Crippen molar-refractivity contribution >= 4 is 22.7 Å². The fourth-order valence-electron chi connectivity index (χ4n) is 4.91. The van der Waals surface area contributed by atoms with Crippen LogP contribution in [0.4, 0.5) is 0 Å². The van der Waals surface area contributed by atoms with Gasteiger partial charge in [-0.25, -0.2) is 0 Å². The molecule has 2 heterocycles. The average Bonchev–Trinajstić information content (AvgIpc) is 3.73. The van der Waals surface area contributed by atoms with E-state index in [0.29, 0.717) is 5.56 Å². The first-order chi connectivity index (χ1) is 22.0. The molecule has 7 nitrogen and oxygen atoms in total. The summed E-state index contributed by atoms with van der Waals surface area (Å²) in [6.07, 6.45) is 0. The Labute approximate surface area is 275 Å². The van der Waals surface area contributed by atoms with E-state index in [1.807, 2.05) is 19.1 Å². The summed E-state index contributed by atoms with van der Waals surface area (Å²) >= 11 is 3.18. The summed E-state index contributed by atoms with van der Waals surface area (Å²) in [6.45, 7) is 6.35. The van der Waals surface area contributed by atoms with Gasteiger partial charge in [0.15, 0.2) is 40.2 Å². The number of hydrogen-bond donors (Lipinski definition) is 5. The minimum atomic E-state index is -0.552. The molecular weight excluding hydrogens is 621 g/mol. The molecule has 2 aromatic heterocycles. The molecule has 0 amide bonds. The molecule has 5 N–H and O–H groups in total. The highest BCUT2D eigenvalue weighted by Crippen LogP contribution is 2.43. The van der Waals surface area contributed by atoms with Gasteiger partial charge in [0.1, 0.15) is 0 Å². The number of aromatic hydroxyl groups is 5. The second-order valence-electron chi connectivity index (χ2n) is 10.7. The van der Waals surface area contributed by atoms with Crippen molar-refractivity contribution in [3.8, 4) is 82.0 Å². The van der Waals surface area contributed by atoms with Crippen molar-refractivity contribution in [1.29, 1.82) is 0 Å². The Balaban J connectivity index is 0.000000182. The number of ether oxygens (including phenoxy) is 2. The van der Waals surface area contributed by atoms with Crippen LogP contribution in [0, 0.1) is 20.8 Å². The van der Waals surface area contributed by atoms with Gasteiger partial charge < -0.3 is 35.0 Å². The molecule has 6 aromatic rings. The minimum Gasteiger partial charge on any atom is -0.504 e. The van der Waals surface area contributed by atoms with E-state index in [0.717, 1.165) is 37.9 Å². The van der Waals surface area contributed by atoms with Crippen molar-refractivity contribution in [1.82, 2.24) is 0 Å². The highest BCUT2D eigenvalue weighted by molar-refractivity contribution is 7.19. The molecule has 0 aliphatic rings. The lowest BCUT2D eigenvalue weighted by molar-refractivity contribution is 0.353. The van der Waals surface area contributed by atoms with Crippen LogP contribution in [0.2, 0.25) is 0 Å². The topological polar surface area (TPSA) is 120 Å². The maximum absolute atomic E-state index is 9.57. The number of rotatable bonds is 6. The molecule has 0 fully saturated rings. The standard InChI is InChI=1S/C21H22O2S.C16H12O5S/c1-13-6-7-16(10-14(13)2)19-8-9-20(24-19)17-11-15(3)21(23-5)18(12-17)22-4;17-10-2-1-8(5-11(10)18)14-3-4-15(22-14)9-6-12(19)16(21)13(20)7-9/h6-12H,1-5H3;1-7,17-21H. The van der Waals surface area contributed by atoms with Gasteiger partial charge >= 0.3 is 0 Å². The van der Waals surface area contributed by atoms with Crippen molar-refractivity contribution < 1.29 is 35.0 Å². The van der Waals surface area contributed by atoms with Crippen LogP contribution in [-0.4, -0.2) is 39.8 Å². The van der Waals surface area contributed by atoms with Gasteiger partial charge in [-0.3, -0.25) is 0 Å². The number of hydrogen-bond acceptors (Lipinski definition) is 9. The van der Waals surface area contributed by atoms with E-state index >= 15 is 0 Å². The third-order valence-corrected chi connectivity index (χ3v) is 9.93. The van der Waals surface area contributed by atoms with Gasteiger partial charge in [-0.1, -0.05) is 18.2 Å². The Bertz CT molecular complexity index is 2000. The summed E-state index contributed by atoms with van der Waals surface area (Å²) in [5.41, 5.74) is 7.45. The second kappa shape index (κ2) is 13.5. The summed E-state index contributed by atoms with van der Waals surface area (Å²) in [4.78, 5) is 4.12. The average molecular weight is 655 g/mol. The molecule has 6 rings (SSSR count). The zero-order chi connectivity index (χ0) is 33.1. The van der Waals surface area contributed by atoms with Crippen molar-refractivity contribution in [2.75, 3.05) is 14.2 Å². The maximum Gasteiger partial charge on any atom is 0.200 e. The molecule has 46 heavy (non-hydrogen) atoms. The number of methoxy groups -OCH3 is 2. The summed E-state index contributed by atoms with van der Waals surface area (Å²) < 4.78 is 10.9. The monoisotopic (exact) mass is 654 g/mol. The second-order valence-corrected chi connectivity index (χ2v) is 12.9. The fourth-order valence-corrected chi connectivity index (χ4v) is 6.89. The molecule has 0 bridgehead atoms. The Morgan fingerprint density at radius 1 is 0.435 bits per heavy atom. The smallest absolute Gasteiger partial charge is 0.200 e. The molecule has 0 aliphatic heterocycles. The number of benzene rings is 4. The van der Waals surface area contributed by atoms with Gasteiger partial charge in [0.2, 0.25) is 0 Å². The van der Waals surface area contributed by atoms with E-state index in [-0.39, 0.29) is 11.5 Å². The van der Waals surface area contributed by atoms with Crippen LogP contribution in [0.15, 0.2) is 84.9 Å². The van der Waals surface area contributed by atoms with Crippen LogP contribution in [0.1, 0.15) is 16.7 Å². The zero-order valence-corrected chi connectivity index (χ0v) is 27.6. The molecule has 0 spiro atoms. The Kier molecular flexibility index (Phi) is 9.46. The molecule has 4 aromatic carbocycles. The van der Waals surface area contributed by atoms with Crippen molar-refractivity contribution in [2.24, 2.45) is 0 Å². The summed E-state index contributed by atoms with van der Waals surface area (Å²) in [5.74, 6) is -0.162. The number of aryl methyl sites for hydroxylation is 3. The van der Waals surface area contributed by atoms with E-state index < -0.39 is 17.2 Å². The molecule has 0 radical (unpaired) electrons. The Morgan fingerprint density at radius 2 is 0.913 bits per heavy atom. The third kappa shape index (κ3) is 6.75. The van der Waals surface area contributed by atoms with Crippen LogP contribution in [0.3, 0.4) is 0 Å². The van der Waals surface area contributed by atoms with Gasteiger partial charge in [-0.2, -0.15) is 0 Å². The van der Waals surface area contributed by atoms with E-state index in [1.165, 1.54) is 62.0 Å². The zero-order valence-electron chi connectivity index (χ0n) is 26.0. The van der Waals surface area contributed by atoms with Crippen LogP contribution in [0.5, 0.6) is 40.2 Å². The van der Waals surface area contributed by atoms with Gasteiger partial charge in [0.25, 0.3) is 0 Å². The van der Waals surface area contributed by atoms with Crippen molar-refractivity contribution in [3.63, 3.8) is 0 Å². The minimum absolute atomic E-state index is 0.186. The lowest BCUT2D eigenvalue weighted by Gasteiger charge is -2.12. The number of phenolic OH excluding ortho intramolecular Hbond substituents is 5. The van der Waals surface area contributed by atoms with Gasteiger partial charge in [0.05, 0.1) is 14.2 Å². The quantitative estimate of drug-likeness (QED) is 0.113. The Morgan fingerprint density at radius 3 is 1.43 bits per heavy atom. The van der Waals surface area contributed by atoms with Gasteiger partial charge in [0, 0.05) is 19.5 Å². The van der Waals surface area contributed by atoms with E-state index in [9.17, 15) is 25.5 Å². The van der Waals surface area contributed by atoms with Crippen molar-refractivity contribution in [2.45, 2.75) is 20.8 Å². The molecule has 0 unspecified atom stereocenters. The maximum atomic E-state index is 9.57. The Hall–Kier alpha value is -5.12. The molecule has 0 saturated carbocycles. The van der Waals surface area contributed by atoms with Crippen LogP contribution < -0.4 is 9.47 Å². The van der Waals surface area contributed by atoms with E-state index in [2.05, 4.69) is 50.2 Å². The molecule has 236 valence electrons. The normalized spacial score (nSPS) is 10.7. The SMILES string of the molecule is COc1cc(-c2ccc(-c3ccc(C)c(C)c3)s2)cc(C)c1OC.Oc1ccc(-c2ccc(-c3cc(O)c(O)c(O)c3)s2)cc1O. The highest BCUT2D eigenvalue weighted by Gasteiger charge is 2.14. The fraction of sp³-hybridized carbons (Fsp3) is 0.135. The largest absolute Gasteiger partial charge is 0.504 e. The predicted molar refractivity (Wildman–Crippen MR) is 186 cm³/mol. The molecular formula is C37H34O7S2. The first kappa shape index (κ1) is 32.3. The van der Waals surface area contributed by atoms with E-state index in [1.54, 1.807) is 37.7 Å². The molecule has 0 saturated heterocycles. The lowest BCUT2D eigenvalue weighted by Crippen LogP contribution is -1.93. The summed E-state index contributed by atoms with van der Waals surface area (Å²) in [5, 5.41) is 47.4. The molecule has 0 aliphatic carbocycles. The first-order valence-corrected chi connectivity index (χ1v) is 15.9. The number of phenols is 5. The summed E-state index contributed by atoms with van der Waals surface area (Å²) in [6, 6.07) is 26.1. The van der Waals surface area contributed by atoms with Crippen LogP contribution in [0.25, 0.3) is 41.8 Å². The van der Waals surface area contributed by atoms with Crippen molar-refractivity contribution in [3.05, 3.63) is 102 Å².